The molecular formula is C20H25FN2O2. The van der Waals surface area contributed by atoms with Crippen molar-refractivity contribution in [2.45, 2.75) is 51.4 Å². The van der Waals surface area contributed by atoms with Gasteiger partial charge < -0.3 is 0 Å². The van der Waals surface area contributed by atoms with Gasteiger partial charge in [0.25, 0.3) is 0 Å². The second kappa shape index (κ2) is 6.43. The van der Waals surface area contributed by atoms with Crippen LogP contribution in [0.1, 0.15) is 50.5 Å². The standard InChI is InChI=1S/C20H25FN2O2/c21-17-4-2-1-3-16(17)8-18(24)22-23-19(25)12-20-9-13-5-14(10-20)7-15(6-13)11-20/h1-4,13-15H,5-12H2,(H,22,24)(H,23,25). The molecule has 0 unspecified atom stereocenters. The first kappa shape index (κ1) is 16.6. The number of hydrogen-bond donors (Lipinski definition) is 2. The van der Waals surface area contributed by atoms with Gasteiger partial charge in [0.1, 0.15) is 5.82 Å². The SMILES string of the molecule is O=C(Cc1ccccc1F)NNC(=O)CC12CC3CC(CC(C3)C1)C2. The van der Waals surface area contributed by atoms with Gasteiger partial charge in [-0.1, -0.05) is 18.2 Å². The molecular weight excluding hydrogens is 319 g/mol. The summed E-state index contributed by atoms with van der Waals surface area (Å²) in [5.41, 5.74) is 5.45. The van der Waals surface area contributed by atoms with Crippen LogP contribution in [0.4, 0.5) is 4.39 Å². The Morgan fingerprint density at radius 1 is 0.960 bits per heavy atom. The van der Waals surface area contributed by atoms with E-state index in [1.54, 1.807) is 18.2 Å². The lowest BCUT2D eigenvalue weighted by Crippen LogP contribution is -2.50. The number of rotatable bonds is 4. The van der Waals surface area contributed by atoms with Crippen molar-refractivity contribution in [2.75, 3.05) is 0 Å². The van der Waals surface area contributed by atoms with Gasteiger partial charge in [-0.15, -0.1) is 0 Å². The number of carbonyl (C=O) groups excluding carboxylic acids is 2. The maximum Gasteiger partial charge on any atom is 0.242 e. The zero-order chi connectivity index (χ0) is 17.4. The molecule has 25 heavy (non-hydrogen) atoms. The molecule has 0 aliphatic heterocycles. The van der Waals surface area contributed by atoms with Gasteiger partial charge in [0.15, 0.2) is 0 Å². The van der Waals surface area contributed by atoms with Gasteiger partial charge in [-0.2, -0.15) is 0 Å². The normalized spacial score (nSPS) is 32.4. The number of nitrogens with one attached hydrogen (secondary N) is 2. The molecule has 4 aliphatic carbocycles. The van der Waals surface area contributed by atoms with Crippen LogP contribution in [0.2, 0.25) is 0 Å². The fourth-order valence-corrected chi connectivity index (χ4v) is 5.89. The van der Waals surface area contributed by atoms with Crippen LogP contribution in [0.5, 0.6) is 0 Å². The van der Waals surface area contributed by atoms with Crippen LogP contribution in [-0.2, 0) is 16.0 Å². The van der Waals surface area contributed by atoms with Crippen LogP contribution in [0, 0.1) is 29.0 Å². The van der Waals surface area contributed by atoms with E-state index in [9.17, 15) is 14.0 Å². The van der Waals surface area contributed by atoms with E-state index >= 15 is 0 Å². The smallest absolute Gasteiger partial charge is 0.242 e. The van der Waals surface area contributed by atoms with Crippen molar-refractivity contribution >= 4 is 11.8 Å². The lowest BCUT2D eigenvalue weighted by molar-refractivity contribution is -0.134. The minimum Gasteiger partial charge on any atom is -0.273 e. The Morgan fingerprint density at radius 3 is 2.12 bits per heavy atom. The van der Waals surface area contributed by atoms with Crippen LogP contribution >= 0.6 is 0 Å². The van der Waals surface area contributed by atoms with Crippen molar-refractivity contribution in [1.82, 2.24) is 10.9 Å². The number of hydrazine groups is 1. The predicted molar refractivity (Wildman–Crippen MR) is 91.6 cm³/mol. The summed E-state index contributed by atoms with van der Waals surface area (Å²) in [5.74, 6) is 1.48. The fraction of sp³-hybridized carbons (Fsp3) is 0.600. The van der Waals surface area contributed by atoms with Crippen LogP contribution in [0.15, 0.2) is 24.3 Å². The first-order chi connectivity index (χ1) is 12.0. The lowest BCUT2D eigenvalue weighted by Gasteiger charge is -2.56. The zero-order valence-electron chi connectivity index (χ0n) is 14.4. The summed E-state index contributed by atoms with van der Waals surface area (Å²) in [6, 6.07) is 6.18. The molecule has 0 radical (unpaired) electrons. The third kappa shape index (κ3) is 3.55. The molecule has 1 aromatic rings. The van der Waals surface area contributed by atoms with E-state index in [0.29, 0.717) is 12.0 Å². The van der Waals surface area contributed by atoms with Gasteiger partial charge in [-0.05, 0) is 73.3 Å². The Labute approximate surface area is 147 Å². The van der Waals surface area contributed by atoms with E-state index in [1.165, 1.54) is 25.3 Å². The Bertz CT molecular complexity index is 653. The van der Waals surface area contributed by atoms with Crippen molar-refractivity contribution in [3.63, 3.8) is 0 Å². The van der Waals surface area contributed by atoms with Crippen molar-refractivity contribution < 1.29 is 14.0 Å². The summed E-state index contributed by atoms with van der Waals surface area (Å²) in [6.45, 7) is 0. The maximum atomic E-state index is 13.6. The highest BCUT2D eigenvalue weighted by Crippen LogP contribution is 2.61. The second-order valence-electron chi connectivity index (χ2n) is 8.46. The summed E-state index contributed by atoms with van der Waals surface area (Å²) >= 11 is 0. The highest BCUT2D eigenvalue weighted by atomic mass is 19.1. The van der Waals surface area contributed by atoms with E-state index in [-0.39, 0.29) is 17.7 Å². The summed E-state index contributed by atoms with van der Waals surface area (Å²) in [7, 11) is 0. The van der Waals surface area contributed by atoms with Gasteiger partial charge in [0, 0.05) is 6.42 Å². The minimum absolute atomic E-state index is 0.0790. The van der Waals surface area contributed by atoms with Crippen LogP contribution in [0.25, 0.3) is 0 Å². The van der Waals surface area contributed by atoms with E-state index < -0.39 is 11.7 Å². The van der Waals surface area contributed by atoms with E-state index in [2.05, 4.69) is 10.9 Å². The zero-order valence-corrected chi connectivity index (χ0v) is 14.4. The van der Waals surface area contributed by atoms with E-state index in [1.807, 2.05) is 0 Å². The molecule has 4 aliphatic rings. The molecule has 0 heterocycles. The summed E-state index contributed by atoms with van der Waals surface area (Å²) in [5, 5.41) is 0. The Hall–Kier alpha value is -1.91. The number of carbonyl (C=O) groups is 2. The van der Waals surface area contributed by atoms with Crippen LogP contribution in [-0.4, -0.2) is 11.8 Å². The third-order valence-electron chi connectivity index (χ3n) is 6.35. The van der Waals surface area contributed by atoms with Gasteiger partial charge in [-0.3, -0.25) is 20.4 Å². The highest BCUT2D eigenvalue weighted by molar-refractivity contribution is 5.83. The number of amides is 2. The number of halogens is 1. The predicted octanol–water partition coefficient (Wildman–Crippen LogP) is 3.12. The quantitative estimate of drug-likeness (QED) is 0.825. The molecule has 0 aromatic heterocycles. The van der Waals surface area contributed by atoms with E-state index in [0.717, 1.165) is 37.0 Å². The Balaban J connectivity index is 1.28. The summed E-state index contributed by atoms with van der Waals surface area (Å²) in [4.78, 5) is 24.3. The summed E-state index contributed by atoms with van der Waals surface area (Å²) in [6.07, 6.45) is 7.95. The first-order valence-corrected chi connectivity index (χ1v) is 9.32. The number of benzene rings is 1. The third-order valence-corrected chi connectivity index (χ3v) is 6.35. The maximum absolute atomic E-state index is 13.6. The van der Waals surface area contributed by atoms with Gasteiger partial charge in [0.05, 0.1) is 6.42 Å². The molecule has 1 aromatic carbocycles. The second-order valence-corrected chi connectivity index (χ2v) is 8.46. The molecule has 4 nitrogen and oxygen atoms in total. The Morgan fingerprint density at radius 2 is 1.52 bits per heavy atom. The van der Waals surface area contributed by atoms with Gasteiger partial charge >= 0.3 is 0 Å². The van der Waals surface area contributed by atoms with Crippen molar-refractivity contribution in [2.24, 2.45) is 23.2 Å². The van der Waals surface area contributed by atoms with Gasteiger partial charge in [-0.25, -0.2) is 4.39 Å². The molecule has 0 saturated heterocycles. The molecule has 2 N–H and O–H groups in total. The monoisotopic (exact) mass is 344 g/mol. The van der Waals surface area contributed by atoms with E-state index in [4.69, 9.17) is 0 Å². The molecule has 0 atom stereocenters. The van der Waals surface area contributed by atoms with Crippen LogP contribution < -0.4 is 10.9 Å². The topological polar surface area (TPSA) is 58.2 Å². The van der Waals surface area contributed by atoms with Crippen LogP contribution in [0.3, 0.4) is 0 Å². The molecule has 4 bridgehead atoms. The minimum atomic E-state index is -0.405. The first-order valence-electron chi connectivity index (χ1n) is 9.32. The molecule has 2 amide bonds. The Kier molecular flexibility index (Phi) is 4.26. The fourth-order valence-electron chi connectivity index (χ4n) is 5.89. The largest absolute Gasteiger partial charge is 0.273 e. The molecule has 4 saturated carbocycles. The molecule has 5 rings (SSSR count). The van der Waals surface area contributed by atoms with Crippen molar-refractivity contribution in [1.29, 1.82) is 0 Å². The molecule has 4 fully saturated rings. The molecule has 0 spiro atoms. The lowest BCUT2D eigenvalue weighted by atomic mass is 9.49. The highest BCUT2D eigenvalue weighted by Gasteiger charge is 2.51. The van der Waals surface area contributed by atoms with Gasteiger partial charge in [0.2, 0.25) is 11.8 Å². The average molecular weight is 344 g/mol. The molecule has 134 valence electrons. The van der Waals surface area contributed by atoms with Crippen molar-refractivity contribution in [3.8, 4) is 0 Å². The average Bonchev–Trinajstić information content (AvgIpc) is 2.53. The molecule has 5 heteroatoms. The summed E-state index contributed by atoms with van der Waals surface area (Å²) < 4.78 is 13.6. The van der Waals surface area contributed by atoms with Crippen molar-refractivity contribution in [3.05, 3.63) is 35.6 Å². The number of hydrogen-bond acceptors (Lipinski definition) is 2.